The molecule has 1 nitrogen and oxygen atoms in total. The first kappa shape index (κ1) is 10.7. The van der Waals surface area contributed by atoms with Gasteiger partial charge in [-0.05, 0) is 29.7 Å². The van der Waals surface area contributed by atoms with Crippen LogP contribution in [0.1, 0.15) is 23.6 Å². The van der Waals surface area contributed by atoms with Crippen molar-refractivity contribution < 1.29 is 5.11 Å². The predicted octanol–water partition coefficient (Wildman–Crippen LogP) is 3.35. The minimum absolute atomic E-state index is 0.321. The zero-order valence-electron chi connectivity index (χ0n) is 9.40. The van der Waals surface area contributed by atoms with Gasteiger partial charge >= 0.3 is 0 Å². The van der Waals surface area contributed by atoms with Crippen LogP contribution in [0, 0.1) is 6.07 Å². The van der Waals surface area contributed by atoms with E-state index in [0.29, 0.717) is 5.75 Å². The van der Waals surface area contributed by atoms with E-state index in [2.05, 4.69) is 37.3 Å². The molecule has 1 heteroatoms. The van der Waals surface area contributed by atoms with Gasteiger partial charge in [-0.2, -0.15) is 0 Å². The van der Waals surface area contributed by atoms with Crippen molar-refractivity contribution in [2.45, 2.75) is 19.8 Å². The average molecular weight is 211 g/mol. The van der Waals surface area contributed by atoms with Gasteiger partial charge in [-0.1, -0.05) is 43.3 Å². The number of aryl methyl sites for hydroxylation is 1. The summed E-state index contributed by atoms with van der Waals surface area (Å²) in [4.78, 5) is 0. The standard InChI is InChI=1S/C15H15O/c1-2-12-7-9-13(10-8-12)11-14-5-3-4-6-15(14)16/h3-4,6-10,16H,2,11H2,1H3. The summed E-state index contributed by atoms with van der Waals surface area (Å²) in [6, 6.07) is 16.9. The van der Waals surface area contributed by atoms with E-state index in [0.717, 1.165) is 18.4 Å². The number of phenolic OH excluding ortho intramolecular Hbond substituents is 1. The smallest absolute Gasteiger partial charge is 0.119 e. The third kappa shape index (κ3) is 2.43. The summed E-state index contributed by atoms with van der Waals surface area (Å²) >= 11 is 0. The summed E-state index contributed by atoms with van der Waals surface area (Å²) in [5.74, 6) is 0.321. The maximum Gasteiger partial charge on any atom is 0.119 e. The van der Waals surface area contributed by atoms with E-state index in [1.807, 2.05) is 6.07 Å². The van der Waals surface area contributed by atoms with Crippen LogP contribution in [-0.2, 0) is 12.8 Å². The molecule has 81 valence electrons. The van der Waals surface area contributed by atoms with Gasteiger partial charge in [0.15, 0.2) is 0 Å². The lowest BCUT2D eigenvalue weighted by Gasteiger charge is -2.04. The number of rotatable bonds is 3. The Balaban J connectivity index is 2.18. The third-order valence-corrected chi connectivity index (χ3v) is 2.73. The van der Waals surface area contributed by atoms with Crippen molar-refractivity contribution in [2.24, 2.45) is 0 Å². The molecule has 0 saturated carbocycles. The fourth-order valence-electron chi connectivity index (χ4n) is 1.70. The number of aromatic hydroxyl groups is 1. The number of benzene rings is 2. The van der Waals surface area contributed by atoms with Gasteiger partial charge in [-0.3, -0.25) is 0 Å². The molecule has 2 aromatic carbocycles. The van der Waals surface area contributed by atoms with Crippen LogP contribution in [0.4, 0.5) is 0 Å². The molecule has 1 N–H and O–H groups in total. The van der Waals surface area contributed by atoms with Crippen molar-refractivity contribution in [3.05, 3.63) is 65.2 Å². The largest absolute Gasteiger partial charge is 0.508 e. The molecule has 0 aliphatic rings. The predicted molar refractivity (Wildman–Crippen MR) is 65.6 cm³/mol. The molecule has 16 heavy (non-hydrogen) atoms. The van der Waals surface area contributed by atoms with Gasteiger partial charge in [-0.25, -0.2) is 0 Å². The van der Waals surface area contributed by atoms with E-state index in [-0.39, 0.29) is 0 Å². The molecule has 0 atom stereocenters. The van der Waals surface area contributed by atoms with Gasteiger partial charge < -0.3 is 5.11 Å². The Labute approximate surface area is 96.4 Å². The first-order valence-electron chi connectivity index (χ1n) is 5.56. The van der Waals surface area contributed by atoms with Gasteiger partial charge in [0.2, 0.25) is 0 Å². The highest BCUT2D eigenvalue weighted by Gasteiger charge is 2.01. The Hall–Kier alpha value is -1.76. The molecule has 0 aliphatic heterocycles. The van der Waals surface area contributed by atoms with E-state index in [4.69, 9.17) is 0 Å². The molecule has 0 heterocycles. The maximum atomic E-state index is 9.64. The Morgan fingerprint density at radius 2 is 1.75 bits per heavy atom. The van der Waals surface area contributed by atoms with Gasteiger partial charge in [0.1, 0.15) is 5.75 Å². The highest BCUT2D eigenvalue weighted by molar-refractivity contribution is 5.36. The summed E-state index contributed by atoms with van der Waals surface area (Å²) in [5, 5.41) is 9.64. The van der Waals surface area contributed by atoms with Gasteiger partial charge in [-0.15, -0.1) is 0 Å². The zero-order chi connectivity index (χ0) is 11.4. The lowest BCUT2D eigenvalue weighted by atomic mass is 10.0. The Bertz CT molecular complexity index is 457. The Kier molecular flexibility index (Phi) is 3.25. The van der Waals surface area contributed by atoms with Crippen LogP contribution in [0.3, 0.4) is 0 Å². The number of hydrogen-bond acceptors (Lipinski definition) is 1. The van der Waals surface area contributed by atoms with Gasteiger partial charge in [0.05, 0.1) is 0 Å². The lowest BCUT2D eigenvalue weighted by Crippen LogP contribution is -1.89. The average Bonchev–Trinajstić information content (AvgIpc) is 2.33. The normalized spacial score (nSPS) is 10.3. The van der Waals surface area contributed by atoms with Crippen LogP contribution >= 0.6 is 0 Å². The van der Waals surface area contributed by atoms with Crippen LogP contribution in [-0.4, -0.2) is 5.11 Å². The second-order valence-corrected chi connectivity index (χ2v) is 3.88. The highest BCUT2D eigenvalue weighted by atomic mass is 16.3. The zero-order valence-corrected chi connectivity index (χ0v) is 9.40. The molecule has 0 unspecified atom stereocenters. The van der Waals surface area contributed by atoms with E-state index in [1.165, 1.54) is 11.1 Å². The van der Waals surface area contributed by atoms with Gasteiger partial charge in [0.25, 0.3) is 0 Å². The molecule has 1 radical (unpaired) electrons. The first-order chi connectivity index (χ1) is 7.79. The van der Waals surface area contributed by atoms with Crippen LogP contribution < -0.4 is 0 Å². The molecule has 0 aromatic heterocycles. The van der Waals surface area contributed by atoms with Crippen molar-refractivity contribution in [2.75, 3.05) is 0 Å². The highest BCUT2D eigenvalue weighted by Crippen LogP contribution is 2.19. The first-order valence-corrected chi connectivity index (χ1v) is 5.56. The molecular weight excluding hydrogens is 196 g/mol. The van der Waals surface area contributed by atoms with E-state index >= 15 is 0 Å². The summed E-state index contributed by atoms with van der Waals surface area (Å²) < 4.78 is 0. The fraction of sp³-hybridized carbons (Fsp3) is 0.200. The molecule has 0 fully saturated rings. The quantitative estimate of drug-likeness (QED) is 0.825. The van der Waals surface area contributed by atoms with Crippen molar-refractivity contribution in [3.8, 4) is 5.75 Å². The number of hydrogen-bond donors (Lipinski definition) is 1. The van der Waals surface area contributed by atoms with E-state index in [9.17, 15) is 5.11 Å². The number of phenols is 1. The SMILES string of the molecule is CCc1ccc(Cc2[c]cccc2O)cc1. The molecule has 2 aromatic rings. The summed E-state index contributed by atoms with van der Waals surface area (Å²) in [6.45, 7) is 2.14. The Morgan fingerprint density at radius 3 is 2.38 bits per heavy atom. The van der Waals surface area contributed by atoms with Crippen molar-refractivity contribution in [1.82, 2.24) is 0 Å². The molecule has 0 spiro atoms. The van der Waals surface area contributed by atoms with E-state index < -0.39 is 0 Å². The molecule has 0 saturated heterocycles. The van der Waals surface area contributed by atoms with Crippen LogP contribution in [0.2, 0.25) is 0 Å². The van der Waals surface area contributed by atoms with Crippen LogP contribution in [0.5, 0.6) is 5.75 Å². The maximum absolute atomic E-state index is 9.64. The monoisotopic (exact) mass is 211 g/mol. The fourth-order valence-corrected chi connectivity index (χ4v) is 1.70. The second kappa shape index (κ2) is 4.84. The molecular formula is C15H15O. The summed E-state index contributed by atoms with van der Waals surface area (Å²) in [5.41, 5.74) is 3.40. The van der Waals surface area contributed by atoms with Gasteiger partial charge in [0, 0.05) is 12.0 Å². The topological polar surface area (TPSA) is 20.2 Å². The molecule has 0 bridgehead atoms. The second-order valence-electron chi connectivity index (χ2n) is 3.88. The lowest BCUT2D eigenvalue weighted by molar-refractivity contribution is 0.469. The minimum atomic E-state index is 0.321. The third-order valence-electron chi connectivity index (χ3n) is 2.73. The van der Waals surface area contributed by atoms with E-state index in [1.54, 1.807) is 12.1 Å². The summed E-state index contributed by atoms with van der Waals surface area (Å²) in [6.07, 6.45) is 1.79. The van der Waals surface area contributed by atoms with Crippen LogP contribution in [0.25, 0.3) is 0 Å². The van der Waals surface area contributed by atoms with Crippen molar-refractivity contribution in [1.29, 1.82) is 0 Å². The van der Waals surface area contributed by atoms with Crippen molar-refractivity contribution >= 4 is 0 Å². The molecule has 0 aliphatic carbocycles. The van der Waals surface area contributed by atoms with Crippen LogP contribution in [0.15, 0.2) is 42.5 Å². The van der Waals surface area contributed by atoms with Crippen molar-refractivity contribution in [3.63, 3.8) is 0 Å². The minimum Gasteiger partial charge on any atom is -0.508 e. The molecule has 0 amide bonds. The Morgan fingerprint density at radius 1 is 1.06 bits per heavy atom. The molecule has 2 rings (SSSR count). The summed E-state index contributed by atoms with van der Waals surface area (Å²) in [7, 11) is 0.